The van der Waals surface area contributed by atoms with Gasteiger partial charge in [0.25, 0.3) is 0 Å². The molecule has 1 aliphatic rings. The van der Waals surface area contributed by atoms with Crippen molar-refractivity contribution in [1.29, 1.82) is 0 Å². The largest absolute Gasteiger partial charge is 0.416 e. The Morgan fingerprint density at radius 1 is 1.00 bits per heavy atom. The molecule has 1 unspecified atom stereocenters. The lowest BCUT2D eigenvalue weighted by Crippen LogP contribution is -2.33. The van der Waals surface area contributed by atoms with Crippen molar-refractivity contribution >= 4 is 29.1 Å². The van der Waals surface area contributed by atoms with Crippen molar-refractivity contribution in [2.24, 2.45) is 0 Å². The van der Waals surface area contributed by atoms with E-state index in [1.54, 1.807) is 18.2 Å². The van der Waals surface area contributed by atoms with E-state index in [-0.39, 0.29) is 17.5 Å². The van der Waals surface area contributed by atoms with Crippen LogP contribution in [0, 0.1) is 0 Å². The molecule has 0 saturated carbocycles. The van der Waals surface area contributed by atoms with Crippen LogP contribution in [0.5, 0.6) is 0 Å². The molecular weight excluding hydrogens is 486 g/mol. The number of hydrogen-bond acceptors (Lipinski definition) is 2. The summed E-state index contributed by atoms with van der Waals surface area (Å²) in [7, 11) is 0. The molecule has 0 aliphatic carbocycles. The molecule has 0 bridgehead atoms. The highest BCUT2D eigenvalue weighted by Gasteiger charge is 2.38. The van der Waals surface area contributed by atoms with Gasteiger partial charge in [-0.15, -0.1) is 0 Å². The molecule has 11 heteroatoms. The van der Waals surface area contributed by atoms with E-state index in [4.69, 9.17) is 11.6 Å². The number of amides is 2. The minimum Gasteiger partial charge on any atom is -0.331 e. The smallest absolute Gasteiger partial charge is 0.331 e. The Bertz CT molecular complexity index is 1070. The fourth-order valence-corrected chi connectivity index (χ4v) is 4.32. The number of alkyl halides is 6. The van der Waals surface area contributed by atoms with Crippen LogP contribution in [0.25, 0.3) is 0 Å². The zero-order chi connectivity index (χ0) is 25.4. The lowest BCUT2D eigenvalue weighted by atomic mass is 9.98. The van der Waals surface area contributed by atoms with E-state index in [0.717, 1.165) is 0 Å². The molecule has 3 rings (SSSR count). The summed E-state index contributed by atoms with van der Waals surface area (Å²) in [6.07, 6.45) is -9.19. The highest BCUT2D eigenvalue weighted by molar-refractivity contribution is 6.31. The van der Waals surface area contributed by atoms with Crippen LogP contribution in [0.2, 0.25) is 5.02 Å². The van der Waals surface area contributed by atoms with Gasteiger partial charge in [0.15, 0.2) is 0 Å². The maximum Gasteiger partial charge on any atom is 0.416 e. The molecule has 2 amide bonds. The van der Waals surface area contributed by atoms with E-state index < -0.39 is 42.0 Å². The molecule has 2 aromatic rings. The summed E-state index contributed by atoms with van der Waals surface area (Å²) in [5.74, 6) is -0.792. The molecule has 0 N–H and O–H groups in total. The molecule has 184 valence electrons. The average Bonchev–Trinajstić information content (AvgIpc) is 2.89. The summed E-state index contributed by atoms with van der Waals surface area (Å²) in [5.41, 5.74) is -2.21. The van der Waals surface area contributed by atoms with E-state index in [1.807, 2.05) is 0 Å². The highest BCUT2D eigenvalue weighted by Crippen LogP contribution is 2.40. The van der Waals surface area contributed by atoms with Gasteiger partial charge in [-0.3, -0.25) is 9.59 Å². The van der Waals surface area contributed by atoms with Gasteiger partial charge in [-0.1, -0.05) is 17.7 Å². The second kappa shape index (κ2) is 9.48. The second-order valence-corrected chi connectivity index (χ2v) is 8.53. The standard InChI is InChI=1S/C23H21ClF6N2O2/c1-13(33)31-7-3-4-20(19-6-5-18(24)11-21(19)31)32(14(2)34)12-15-8-16(22(25,26)27)10-17(9-15)23(28,29)30/h5-6,8-11,20H,3-4,7,12H2,1-2H3. The molecule has 0 spiro atoms. The molecule has 0 fully saturated rings. The van der Waals surface area contributed by atoms with Crippen molar-refractivity contribution in [2.75, 3.05) is 11.4 Å². The van der Waals surface area contributed by atoms with E-state index in [0.29, 0.717) is 47.8 Å². The van der Waals surface area contributed by atoms with Crippen molar-refractivity contribution in [3.05, 3.63) is 63.7 Å². The summed E-state index contributed by atoms with van der Waals surface area (Å²) in [6, 6.07) is 5.33. The predicted octanol–water partition coefficient (Wildman–Crippen LogP) is 6.61. The second-order valence-electron chi connectivity index (χ2n) is 8.09. The number of anilines is 1. The Morgan fingerprint density at radius 2 is 1.59 bits per heavy atom. The topological polar surface area (TPSA) is 40.6 Å². The van der Waals surface area contributed by atoms with Gasteiger partial charge in [0, 0.05) is 32.0 Å². The third kappa shape index (κ3) is 5.65. The third-order valence-electron chi connectivity index (χ3n) is 5.66. The van der Waals surface area contributed by atoms with Crippen LogP contribution in [0.1, 0.15) is 55.0 Å². The van der Waals surface area contributed by atoms with Gasteiger partial charge >= 0.3 is 12.4 Å². The number of rotatable bonds is 3. The number of fused-ring (bicyclic) bond motifs is 1. The predicted molar refractivity (Wildman–Crippen MR) is 114 cm³/mol. The first-order valence-corrected chi connectivity index (χ1v) is 10.7. The Balaban J connectivity index is 2.09. The van der Waals surface area contributed by atoms with Crippen molar-refractivity contribution < 1.29 is 35.9 Å². The summed E-state index contributed by atoms with van der Waals surface area (Å²) in [6.45, 7) is 2.42. The van der Waals surface area contributed by atoms with Gasteiger partial charge in [0.05, 0.1) is 22.9 Å². The fraction of sp³-hybridized carbons (Fsp3) is 0.391. The van der Waals surface area contributed by atoms with Crippen molar-refractivity contribution in [3.8, 4) is 0 Å². The minimum absolute atomic E-state index is 0.0509. The normalized spacial score (nSPS) is 16.6. The maximum atomic E-state index is 13.3. The molecule has 1 aliphatic heterocycles. The Morgan fingerprint density at radius 3 is 2.09 bits per heavy atom. The monoisotopic (exact) mass is 506 g/mol. The van der Waals surface area contributed by atoms with Gasteiger partial charge in [-0.25, -0.2) is 0 Å². The summed E-state index contributed by atoms with van der Waals surface area (Å²) >= 11 is 6.11. The molecule has 1 atom stereocenters. The Kier molecular flexibility index (Phi) is 7.21. The van der Waals surface area contributed by atoms with Crippen molar-refractivity contribution in [1.82, 2.24) is 4.90 Å². The number of hydrogen-bond donors (Lipinski definition) is 0. The SMILES string of the molecule is CC(=O)N1CCCC(N(Cc2cc(C(F)(F)F)cc(C(F)(F)F)c2)C(C)=O)c2ccc(Cl)cc21. The molecular formula is C23H21ClF6N2O2. The van der Waals surface area contributed by atoms with Crippen LogP contribution in [0.4, 0.5) is 32.0 Å². The Hall–Kier alpha value is -2.75. The van der Waals surface area contributed by atoms with Crippen LogP contribution in [-0.4, -0.2) is 23.3 Å². The van der Waals surface area contributed by atoms with Crippen molar-refractivity contribution in [3.63, 3.8) is 0 Å². The number of halogens is 7. The van der Waals surface area contributed by atoms with Crippen LogP contribution >= 0.6 is 11.6 Å². The maximum absolute atomic E-state index is 13.3. The van der Waals surface area contributed by atoms with Gasteiger partial charge in [-0.05, 0) is 54.3 Å². The molecule has 2 aromatic carbocycles. The van der Waals surface area contributed by atoms with Gasteiger partial charge in [-0.2, -0.15) is 26.3 Å². The molecule has 0 radical (unpaired) electrons. The zero-order valence-electron chi connectivity index (χ0n) is 18.2. The molecule has 34 heavy (non-hydrogen) atoms. The van der Waals surface area contributed by atoms with E-state index in [9.17, 15) is 35.9 Å². The zero-order valence-corrected chi connectivity index (χ0v) is 19.0. The Labute approximate surface area is 197 Å². The number of carbonyl (C=O) groups is 2. The number of benzene rings is 2. The fourth-order valence-electron chi connectivity index (χ4n) is 4.15. The average molecular weight is 507 g/mol. The van der Waals surface area contributed by atoms with E-state index in [1.165, 1.54) is 23.6 Å². The molecule has 0 aromatic heterocycles. The number of nitrogens with zero attached hydrogens (tertiary/aromatic N) is 2. The van der Waals surface area contributed by atoms with Gasteiger partial charge in [0.2, 0.25) is 11.8 Å². The van der Waals surface area contributed by atoms with Crippen molar-refractivity contribution in [2.45, 2.75) is 51.6 Å². The minimum atomic E-state index is -5.00. The lowest BCUT2D eigenvalue weighted by Gasteiger charge is -2.32. The van der Waals surface area contributed by atoms with Crippen LogP contribution in [0.3, 0.4) is 0 Å². The summed E-state index contributed by atoms with van der Waals surface area (Å²) in [5, 5.41) is 0.340. The lowest BCUT2D eigenvalue weighted by molar-refractivity contribution is -0.143. The molecule has 4 nitrogen and oxygen atoms in total. The first-order chi connectivity index (χ1) is 15.7. The molecule has 1 heterocycles. The quantitative estimate of drug-likeness (QED) is 0.439. The first kappa shape index (κ1) is 25.9. The molecule has 0 saturated heterocycles. The van der Waals surface area contributed by atoms with Crippen LogP contribution in [0.15, 0.2) is 36.4 Å². The van der Waals surface area contributed by atoms with Crippen LogP contribution in [-0.2, 0) is 28.5 Å². The van der Waals surface area contributed by atoms with E-state index in [2.05, 4.69) is 0 Å². The van der Waals surface area contributed by atoms with Gasteiger partial charge in [0.1, 0.15) is 0 Å². The van der Waals surface area contributed by atoms with E-state index >= 15 is 0 Å². The van der Waals surface area contributed by atoms with Crippen LogP contribution < -0.4 is 4.90 Å². The first-order valence-electron chi connectivity index (χ1n) is 10.3. The van der Waals surface area contributed by atoms with Gasteiger partial charge < -0.3 is 9.80 Å². The summed E-state index contributed by atoms with van der Waals surface area (Å²) < 4.78 is 79.8. The number of carbonyl (C=O) groups excluding carboxylic acids is 2. The summed E-state index contributed by atoms with van der Waals surface area (Å²) in [4.78, 5) is 27.5. The highest BCUT2D eigenvalue weighted by atomic mass is 35.5. The third-order valence-corrected chi connectivity index (χ3v) is 5.90.